The summed E-state index contributed by atoms with van der Waals surface area (Å²) in [4.78, 5) is 39.2. The zero-order valence-electron chi connectivity index (χ0n) is 21.8. The van der Waals surface area contributed by atoms with Crippen LogP contribution < -0.4 is 11.2 Å². The highest BCUT2D eigenvalue weighted by Gasteiger charge is 2.60. The third-order valence-corrected chi connectivity index (χ3v) is 7.21. The van der Waals surface area contributed by atoms with Crippen molar-refractivity contribution in [2.45, 2.75) is 134 Å². The second kappa shape index (κ2) is 16.1. The van der Waals surface area contributed by atoms with E-state index >= 15 is 0 Å². The lowest BCUT2D eigenvalue weighted by molar-refractivity contribution is -0.176. The number of hydrogen-bond acceptors (Lipinski definition) is 7. The highest BCUT2D eigenvalue weighted by Crippen LogP contribution is 2.37. The molecule has 0 spiro atoms. The molecule has 0 radical (unpaired) electrons. The summed E-state index contributed by atoms with van der Waals surface area (Å²) in [5.41, 5.74) is -3.78. The number of Topliss-reactive ketones (excluding diaryl/α,β-unsaturated/α-hetero) is 1. The molecule has 1 saturated heterocycles. The molecule has 1 aromatic heterocycles. The zero-order chi connectivity index (χ0) is 26.4. The molecule has 4 N–H and O–H groups in total. The van der Waals surface area contributed by atoms with Crippen molar-refractivity contribution in [1.29, 1.82) is 0 Å². The molecule has 0 amide bonds. The van der Waals surface area contributed by atoms with Crippen molar-refractivity contribution >= 4 is 5.78 Å². The average Bonchev–Trinajstić information content (AvgIpc) is 3.12. The Morgan fingerprint density at radius 3 is 1.86 bits per heavy atom. The highest BCUT2D eigenvalue weighted by atomic mass is 16.6. The van der Waals surface area contributed by atoms with Crippen LogP contribution in [0.3, 0.4) is 0 Å². The predicted molar refractivity (Wildman–Crippen MR) is 138 cm³/mol. The number of aromatic amines is 1. The van der Waals surface area contributed by atoms with E-state index < -0.39 is 47.7 Å². The van der Waals surface area contributed by atoms with Crippen molar-refractivity contribution in [2.24, 2.45) is 0 Å². The molecular formula is C27H46N2O7. The van der Waals surface area contributed by atoms with Gasteiger partial charge in [0.2, 0.25) is 5.72 Å². The minimum absolute atomic E-state index is 0.0335. The second-order valence-corrected chi connectivity index (χ2v) is 10.1. The Balaban J connectivity index is 1.72. The molecule has 4 atom stereocenters. The second-order valence-electron chi connectivity index (χ2n) is 10.1. The van der Waals surface area contributed by atoms with Crippen LogP contribution in [0.4, 0.5) is 0 Å². The van der Waals surface area contributed by atoms with Gasteiger partial charge in [0.25, 0.3) is 5.56 Å². The van der Waals surface area contributed by atoms with Crippen molar-refractivity contribution in [3.05, 3.63) is 33.1 Å². The van der Waals surface area contributed by atoms with Gasteiger partial charge in [-0.25, -0.2) is 4.79 Å². The standard InChI is InChI=1S/C27H46N2O7/c1-2-3-4-5-6-7-8-9-10-11-12-13-14-15-16-17-22(31)27(25(34)24(33)21(20-30)36-27)29-19-18-23(32)28-26(29)35/h18-19,21,24-25,30,33-34H,2-17,20H2,1H3,(H,28,32,35)/t21-,24-,25-,27-/m1/s1. The number of rotatable bonds is 19. The molecule has 0 saturated carbocycles. The topological polar surface area (TPSA) is 142 Å². The average molecular weight is 511 g/mol. The zero-order valence-corrected chi connectivity index (χ0v) is 21.8. The van der Waals surface area contributed by atoms with Crippen molar-refractivity contribution in [1.82, 2.24) is 9.55 Å². The number of carbonyl (C=O) groups excluding carboxylic acids is 1. The van der Waals surface area contributed by atoms with E-state index in [1.165, 1.54) is 70.6 Å². The van der Waals surface area contributed by atoms with Gasteiger partial charge in [-0.15, -0.1) is 0 Å². The molecule has 9 nitrogen and oxygen atoms in total. The van der Waals surface area contributed by atoms with E-state index in [0.29, 0.717) is 6.42 Å². The Hall–Kier alpha value is -1.81. The molecule has 2 heterocycles. The number of nitrogens with one attached hydrogen (secondary N) is 1. The summed E-state index contributed by atoms with van der Waals surface area (Å²) < 4.78 is 6.42. The van der Waals surface area contributed by atoms with E-state index in [1.54, 1.807) is 0 Å². The molecule has 1 aliphatic rings. The van der Waals surface area contributed by atoms with Crippen LogP contribution in [0.1, 0.15) is 110 Å². The smallest absolute Gasteiger partial charge is 0.331 e. The molecule has 9 heteroatoms. The van der Waals surface area contributed by atoms with Gasteiger partial charge in [-0.3, -0.25) is 19.1 Å². The van der Waals surface area contributed by atoms with Crippen LogP contribution >= 0.6 is 0 Å². The van der Waals surface area contributed by atoms with Crippen LogP contribution in [0.5, 0.6) is 0 Å². The third kappa shape index (κ3) is 8.36. The first-order valence-electron chi connectivity index (χ1n) is 13.9. The molecule has 2 rings (SSSR count). The van der Waals surface area contributed by atoms with Gasteiger partial charge in [0.15, 0.2) is 5.78 Å². The lowest BCUT2D eigenvalue weighted by Crippen LogP contribution is -2.56. The Morgan fingerprint density at radius 2 is 1.42 bits per heavy atom. The number of aliphatic hydroxyl groups is 3. The minimum atomic E-state index is -2.19. The molecular weight excluding hydrogens is 464 g/mol. The van der Waals surface area contributed by atoms with E-state index in [4.69, 9.17) is 4.74 Å². The lowest BCUT2D eigenvalue weighted by Gasteiger charge is -2.32. The van der Waals surface area contributed by atoms with Crippen molar-refractivity contribution in [2.75, 3.05) is 6.61 Å². The summed E-state index contributed by atoms with van der Waals surface area (Å²) in [7, 11) is 0. The molecule has 1 aromatic rings. The fourth-order valence-electron chi connectivity index (χ4n) is 5.03. The maximum absolute atomic E-state index is 13.2. The Bertz CT molecular complexity index is 883. The molecule has 0 aromatic carbocycles. The van der Waals surface area contributed by atoms with Crippen LogP contribution in [0.15, 0.2) is 21.9 Å². The van der Waals surface area contributed by atoms with E-state index in [-0.39, 0.29) is 6.42 Å². The number of nitrogens with zero attached hydrogens (tertiary/aromatic N) is 1. The van der Waals surface area contributed by atoms with Crippen molar-refractivity contribution < 1.29 is 24.9 Å². The van der Waals surface area contributed by atoms with Gasteiger partial charge >= 0.3 is 5.69 Å². The number of hydrogen-bond donors (Lipinski definition) is 4. The first-order chi connectivity index (χ1) is 17.4. The number of H-pyrrole nitrogens is 1. The maximum atomic E-state index is 13.2. The largest absolute Gasteiger partial charge is 0.394 e. The fraction of sp³-hybridized carbons (Fsp3) is 0.815. The monoisotopic (exact) mass is 510 g/mol. The number of ether oxygens (including phenoxy) is 1. The lowest BCUT2D eigenvalue weighted by atomic mass is 9.94. The normalized spacial score (nSPS) is 23.8. The van der Waals surface area contributed by atoms with Crippen LogP contribution in [0.2, 0.25) is 0 Å². The summed E-state index contributed by atoms with van der Waals surface area (Å²) in [5, 5.41) is 30.5. The number of carbonyl (C=O) groups is 1. The van der Waals surface area contributed by atoms with E-state index in [1.807, 2.05) is 4.98 Å². The summed E-state index contributed by atoms with van der Waals surface area (Å²) in [6, 6.07) is 1.04. The predicted octanol–water partition coefficient (Wildman–Crippen LogP) is 3.13. The molecule has 1 fully saturated rings. The highest BCUT2D eigenvalue weighted by molar-refractivity contribution is 5.86. The quantitative estimate of drug-likeness (QED) is 0.209. The Kier molecular flexibility index (Phi) is 13.6. The molecule has 0 aliphatic carbocycles. The van der Waals surface area contributed by atoms with Gasteiger partial charge in [-0.05, 0) is 6.42 Å². The fourth-order valence-corrected chi connectivity index (χ4v) is 5.03. The number of unbranched alkanes of at least 4 members (excludes halogenated alkanes) is 14. The van der Waals surface area contributed by atoms with Crippen molar-refractivity contribution in [3.63, 3.8) is 0 Å². The van der Waals surface area contributed by atoms with Gasteiger partial charge in [-0.2, -0.15) is 0 Å². The van der Waals surface area contributed by atoms with E-state index in [2.05, 4.69) is 6.92 Å². The van der Waals surface area contributed by atoms with Gasteiger partial charge < -0.3 is 20.1 Å². The Morgan fingerprint density at radius 1 is 0.917 bits per heavy atom. The summed E-state index contributed by atoms with van der Waals surface area (Å²) in [6.07, 6.45) is 14.4. The van der Waals surface area contributed by atoms with Crippen LogP contribution in [0, 0.1) is 0 Å². The van der Waals surface area contributed by atoms with E-state index in [0.717, 1.165) is 36.1 Å². The molecule has 36 heavy (non-hydrogen) atoms. The number of ketones is 1. The first-order valence-corrected chi connectivity index (χ1v) is 13.9. The SMILES string of the molecule is CCCCCCCCCCCCCCCCCC(=O)[C@@]1(n2ccc(=O)[nH]c2=O)O[C@H](CO)[C@@H](O)[C@H]1O. The summed E-state index contributed by atoms with van der Waals surface area (Å²) in [5.74, 6) is -0.575. The van der Waals surface area contributed by atoms with Crippen LogP contribution in [-0.4, -0.2) is 55.6 Å². The van der Waals surface area contributed by atoms with Gasteiger partial charge in [0.05, 0.1) is 6.61 Å². The van der Waals surface area contributed by atoms with Gasteiger partial charge in [0.1, 0.15) is 18.3 Å². The van der Waals surface area contributed by atoms with Gasteiger partial charge in [-0.1, -0.05) is 96.8 Å². The number of aliphatic hydroxyl groups excluding tert-OH is 3. The van der Waals surface area contributed by atoms with Gasteiger partial charge in [0, 0.05) is 18.7 Å². The molecule has 1 aliphatic heterocycles. The molecule has 0 unspecified atom stereocenters. The summed E-state index contributed by atoms with van der Waals surface area (Å²) >= 11 is 0. The molecule has 206 valence electrons. The van der Waals surface area contributed by atoms with Crippen LogP contribution in [-0.2, 0) is 15.3 Å². The molecule has 0 bridgehead atoms. The summed E-state index contributed by atoms with van der Waals surface area (Å²) in [6.45, 7) is 1.61. The van der Waals surface area contributed by atoms with Crippen molar-refractivity contribution in [3.8, 4) is 0 Å². The number of aromatic nitrogens is 2. The minimum Gasteiger partial charge on any atom is -0.394 e. The maximum Gasteiger partial charge on any atom is 0.331 e. The first kappa shape index (κ1) is 30.4. The van der Waals surface area contributed by atoms with E-state index in [9.17, 15) is 29.7 Å². The third-order valence-electron chi connectivity index (χ3n) is 7.21. The Labute approximate surface area is 213 Å². The van der Waals surface area contributed by atoms with Crippen LogP contribution in [0.25, 0.3) is 0 Å².